The third-order valence-corrected chi connectivity index (χ3v) is 5.09. The van der Waals surface area contributed by atoms with Crippen molar-refractivity contribution >= 4 is 35.8 Å². The van der Waals surface area contributed by atoms with Crippen LogP contribution in [0.5, 0.6) is 0 Å². The number of furan rings is 1. The molecule has 3 N–H and O–H groups in total. The summed E-state index contributed by atoms with van der Waals surface area (Å²) in [7, 11) is 1.80. The lowest BCUT2D eigenvalue weighted by Gasteiger charge is -2.29. The maximum Gasteiger partial charge on any atom is 0.284 e. The number of carbonyl (C=O) groups is 1. The van der Waals surface area contributed by atoms with Crippen molar-refractivity contribution in [3.63, 3.8) is 0 Å². The number of amides is 1. The molecular weight excluding hydrogens is 445 g/mol. The van der Waals surface area contributed by atoms with E-state index in [-0.39, 0.29) is 29.7 Å². The largest absolute Gasteiger partial charge is 0.454 e. The molecule has 0 aromatic carbocycles. The molecule has 7 nitrogen and oxygen atoms in total. The van der Waals surface area contributed by atoms with E-state index in [1.54, 1.807) is 19.2 Å². The molecule has 0 aliphatic carbocycles. The van der Waals surface area contributed by atoms with E-state index in [0.717, 1.165) is 19.0 Å². The molecule has 2 fully saturated rings. The molecule has 2 aliphatic rings. The van der Waals surface area contributed by atoms with E-state index in [0.29, 0.717) is 18.2 Å². The predicted octanol–water partition coefficient (Wildman–Crippen LogP) is 1.88. The van der Waals surface area contributed by atoms with E-state index >= 15 is 0 Å². The fourth-order valence-corrected chi connectivity index (χ4v) is 3.78. The normalized spacial score (nSPS) is 21.5. The number of nitrogens with two attached hydrogens (primary N) is 1. The van der Waals surface area contributed by atoms with Crippen molar-refractivity contribution in [3.8, 4) is 0 Å². The molecule has 8 heteroatoms. The van der Waals surface area contributed by atoms with Crippen LogP contribution in [0.3, 0.4) is 0 Å². The Morgan fingerprint density at radius 3 is 2.73 bits per heavy atom. The summed E-state index contributed by atoms with van der Waals surface area (Å²) in [6.45, 7) is 6.28. The first kappa shape index (κ1) is 21.0. The molecular formula is C18H30IN5O2. The molecule has 1 atom stereocenters. The zero-order chi connectivity index (χ0) is 17.6. The Bertz CT molecular complexity index is 612. The van der Waals surface area contributed by atoms with Gasteiger partial charge in [0.2, 0.25) is 0 Å². The lowest BCUT2D eigenvalue weighted by Crippen LogP contribution is -2.41. The fourth-order valence-electron chi connectivity index (χ4n) is 3.78. The van der Waals surface area contributed by atoms with E-state index in [1.165, 1.54) is 45.3 Å². The van der Waals surface area contributed by atoms with Crippen molar-refractivity contribution in [2.75, 3.05) is 39.8 Å². The number of aliphatic imine (C=N–C) groups is 1. The Balaban J connectivity index is 0.00000243. The minimum atomic E-state index is -0.546. The molecule has 0 bridgehead atoms. The summed E-state index contributed by atoms with van der Waals surface area (Å²) in [6, 6.07) is 3.37. The van der Waals surface area contributed by atoms with Gasteiger partial charge in [-0.3, -0.25) is 9.79 Å². The number of hydrogen-bond acceptors (Lipinski definition) is 4. The van der Waals surface area contributed by atoms with Gasteiger partial charge < -0.3 is 25.3 Å². The van der Waals surface area contributed by atoms with Crippen LogP contribution >= 0.6 is 24.0 Å². The van der Waals surface area contributed by atoms with Gasteiger partial charge in [-0.1, -0.05) is 6.42 Å². The minimum absolute atomic E-state index is 0. The molecule has 1 aromatic rings. The number of hydrogen-bond donors (Lipinski definition) is 2. The average molecular weight is 475 g/mol. The lowest BCUT2D eigenvalue weighted by molar-refractivity contribution is 0.0972. The molecule has 3 rings (SSSR count). The van der Waals surface area contributed by atoms with Gasteiger partial charge in [0.15, 0.2) is 11.7 Å². The van der Waals surface area contributed by atoms with Crippen LogP contribution in [0.15, 0.2) is 21.5 Å². The van der Waals surface area contributed by atoms with Gasteiger partial charge in [-0.15, -0.1) is 24.0 Å². The minimum Gasteiger partial charge on any atom is -0.454 e. The summed E-state index contributed by atoms with van der Waals surface area (Å²) in [6.07, 6.45) is 5.28. The fraction of sp³-hybridized carbons (Fsp3) is 0.667. The summed E-state index contributed by atoms with van der Waals surface area (Å²) in [5, 5.41) is 3.32. The van der Waals surface area contributed by atoms with Crippen LogP contribution in [0, 0.1) is 5.92 Å². The van der Waals surface area contributed by atoms with Crippen molar-refractivity contribution in [1.29, 1.82) is 0 Å². The molecule has 1 unspecified atom stereocenters. The van der Waals surface area contributed by atoms with Gasteiger partial charge in [-0.25, -0.2) is 0 Å². The Hall–Kier alpha value is -1.29. The van der Waals surface area contributed by atoms with Crippen molar-refractivity contribution in [3.05, 3.63) is 23.7 Å². The van der Waals surface area contributed by atoms with Crippen molar-refractivity contribution in [2.45, 2.75) is 32.2 Å². The second kappa shape index (κ2) is 10.1. The first-order valence-corrected chi connectivity index (χ1v) is 9.22. The number of nitrogens with one attached hydrogen (secondary N) is 1. The molecule has 1 amide bonds. The third kappa shape index (κ3) is 5.60. The number of guanidine groups is 1. The first-order valence-electron chi connectivity index (χ1n) is 9.22. The molecule has 3 heterocycles. The third-order valence-electron chi connectivity index (χ3n) is 5.09. The first-order chi connectivity index (χ1) is 12.2. The standard InChI is InChI=1S/C18H29N5O2.HI/c1-20-18(21-11-15-5-6-16(25-15)17(19)24)23-10-7-14(13-23)12-22-8-3-2-4-9-22;/h5-6,14H,2-4,7-13H2,1H3,(H2,19,24)(H,20,21);1H. The summed E-state index contributed by atoms with van der Waals surface area (Å²) in [4.78, 5) is 20.4. The monoisotopic (exact) mass is 475 g/mol. The van der Waals surface area contributed by atoms with Crippen LogP contribution in [0.1, 0.15) is 42.0 Å². The number of halogens is 1. The molecule has 26 heavy (non-hydrogen) atoms. The predicted molar refractivity (Wildman–Crippen MR) is 113 cm³/mol. The smallest absolute Gasteiger partial charge is 0.284 e. The van der Waals surface area contributed by atoms with Crippen LogP contribution < -0.4 is 11.1 Å². The van der Waals surface area contributed by atoms with Gasteiger partial charge >= 0.3 is 0 Å². The van der Waals surface area contributed by atoms with Crippen LogP contribution in [0.4, 0.5) is 0 Å². The maximum absolute atomic E-state index is 11.1. The Kier molecular flexibility index (Phi) is 8.20. The van der Waals surface area contributed by atoms with E-state index in [4.69, 9.17) is 10.2 Å². The van der Waals surface area contributed by atoms with Gasteiger partial charge in [0, 0.05) is 26.7 Å². The van der Waals surface area contributed by atoms with Crippen LogP contribution in [0.25, 0.3) is 0 Å². The van der Waals surface area contributed by atoms with E-state index < -0.39 is 5.91 Å². The van der Waals surface area contributed by atoms with E-state index in [9.17, 15) is 4.79 Å². The second-order valence-corrected chi connectivity index (χ2v) is 6.99. The molecule has 0 saturated carbocycles. The molecule has 0 spiro atoms. The molecule has 1 aromatic heterocycles. The number of primary amides is 1. The van der Waals surface area contributed by atoms with Gasteiger partial charge in [0.05, 0.1) is 6.54 Å². The summed E-state index contributed by atoms with van der Waals surface area (Å²) in [5.74, 6) is 1.92. The Morgan fingerprint density at radius 2 is 2.08 bits per heavy atom. The van der Waals surface area contributed by atoms with E-state index in [1.807, 2.05) is 0 Å². The number of likely N-dealkylation sites (tertiary alicyclic amines) is 2. The Labute approximate surface area is 172 Å². The zero-order valence-corrected chi connectivity index (χ0v) is 17.8. The van der Waals surface area contributed by atoms with Crippen molar-refractivity contribution in [1.82, 2.24) is 15.1 Å². The molecule has 0 radical (unpaired) electrons. The van der Waals surface area contributed by atoms with Gasteiger partial charge in [0.1, 0.15) is 5.76 Å². The summed E-state index contributed by atoms with van der Waals surface area (Å²) in [5.41, 5.74) is 5.21. The summed E-state index contributed by atoms with van der Waals surface area (Å²) >= 11 is 0. The number of nitrogens with zero attached hydrogens (tertiary/aromatic N) is 3. The van der Waals surface area contributed by atoms with E-state index in [2.05, 4.69) is 20.1 Å². The average Bonchev–Trinajstić information content (AvgIpc) is 3.26. The highest BCUT2D eigenvalue weighted by atomic mass is 127. The molecule has 146 valence electrons. The van der Waals surface area contributed by atoms with Gasteiger partial charge in [-0.05, 0) is 50.4 Å². The zero-order valence-electron chi connectivity index (χ0n) is 15.4. The highest BCUT2D eigenvalue weighted by Gasteiger charge is 2.27. The number of carbonyl (C=O) groups excluding carboxylic acids is 1. The summed E-state index contributed by atoms with van der Waals surface area (Å²) < 4.78 is 5.41. The van der Waals surface area contributed by atoms with Crippen LogP contribution in [-0.4, -0.2) is 61.4 Å². The topological polar surface area (TPSA) is 87.1 Å². The number of rotatable bonds is 5. The molecule has 2 aliphatic heterocycles. The highest BCUT2D eigenvalue weighted by molar-refractivity contribution is 14.0. The van der Waals surface area contributed by atoms with Crippen LogP contribution in [-0.2, 0) is 6.54 Å². The van der Waals surface area contributed by atoms with Crippen LogP contribution in [0.2, 0.25) is 0 Å². The molecule has 2 saturated heterocycles. The highest BCUT2D eigenvalue weighted by Crippen LogP contribution is 2.20. The van der Waals surface area contributed by atoms with Gasteiger partial charge in [-0.2, -0.15) is 0 Å². The maximum atomic E-state index is 11.1. The quantitative estimate of drug-likeness (QED) is 0.386. The second-order valence-electron chi connectivity index (χ2n) is 6.99. The lowest BCUT2D eigenvalue weighted by atomic mass is 10.1. The van der Waals surface area contributed by atoms with Crippen molar-refractivity contribution < 1.29 is 9.21 Å². The Morgan fingerprint density at radius 1 is 1.31 bits per heavy atom. The number of piperidine rings is 1. The SMILES string of the molecule is CN=C(NCc1ccc(C(N)=O)o1)N1CCC(CN2CCCCC2)C1.I. The van der Waals surface area contributed by atoms with Gasteiger partial charge in [0.25, 0.3) is 5.91 Å². The van der Waals surface area contributed by atoms with Crippen molar-refractivity contribution in [2.24, 2.45) is 16.6 Å².